The van der Waals surface area contributed by atoms with E-state index in [1.165, 1.54) is 18.9 Å². The molecule has 0 aliphatic heterocycles. The van der Waals surface area contributed by atoms with E-state index in [0.29, 0.717) is 16.6 Å². The zero-order valence-corrected chi connectivity index (χ0v) is 17.7. The third-order valence-corrected chi connectivity index (χ3v) is 5.01. The van der Waals surface area contributed by atoms with Gasteiger partial charge in [-0.3, -0.25) is 9.59 Å². The highest BCUT2D eigenvalue weighted by Crippen LogP contribution is 2.25. The Morgan fingerprint density at radius 3 is 2.67 bits per heavy atom. The molecule has 30 heavy (non-hydrogen) atoms. The Kier molecular flexibility index (Phi) is 7.02. The van der Waals surface area contributed by atoms with E-state index in [9.17, 15) is 9.59 Å². The van der Waals surface area contributed by atoms with Crippen LogP contribution in [0.4, 0.5) is 5.69 Å². The van der Waals surface area contributed by atoms with Crippen LogP contribution in [0.1, 0.15) is 11.1 Å². The number of amides is 2. The number of methoxy groups -OCH3 is 1. The van der Waals surface area contributed by atoms with Gasteiger partial charge in [0.05, 0.1) is 30.8 Å². The van der Waals surface area contributed by atoms with Crippen LogP contribution >= 0.6 is 11.8 Å². The van der Waals surface area contributed by atoms with Crippen LogP contribution in [0, 0.1) is 13.8 Å². The average molecular weight is 427 g/mol. The monoisotopic (exact) mass is 426 g/mol. The summed E-state index contributed by atoms with van der Waals surface area (Å²) in [7, 11) is 1.53. The van der Waals surface area contributed by atoms with Crippen molar-refractivity contribution in [2.24, 2.45) is 0 Å². The molecule has 1 aromatic heterocycles. The number of ether oxygens (including phenoxy) is 1. The summed E-state index contributed by atoms with van der Waals surface area (Å²) in [6, 6.07) is 13.2. The molecule has 0 spiro atoms. The predicted octanol–water partition coefficient (Wildman–Crippen LogP) is 2.13. The normalized spacial score (nSPS) is 10.5. The fourth-order valence-corrected chi connectivity index (χ4v) is 3.39. The van der Waals surface area contributed by atoms with Crippen LogP contribution in [0.15, 0.2) is 47.6 Å². The third-order valence-electron chi connectivity index (χ3n) is 4.09. The SMILES string of the molecule is COc1ccc(C)cc1NC(=O)CNC(=O)CSc1nnnn1-c1cccc(C)c1. The first-order valence-electron chi connectivity index (χ1n) is 9.15. The molecule has 0 atom stereocenters. The van der Waals surface area contributed by atoms with Gasteiger partial charge in [-0.05, 0) is 59.7 Å². The summed E-state index contributed by atoms with van der Waals surface area (Å²) in [5.41, 5.74) is 3.43. The molecular formula is C20H22N6O3S. The van der Waals surface area contributed by atoms with Gasteiger partial charge in [-0.1, -0.05) is 30.0 Å². The maximum absolute atomic E-state index is 12.2. The minimum absolute atomic E-state index is 0.0766. The molecule has 0 saturated carbocycles. The van der Waals surface area contributed by atoms with Crippen LogP contribution in [0.5, 0.6) is 5.75 Å². The molecule has 9 nitrogen and oxygen atoms in total. The number of aryl methyl sites for hydroxylation is 2. The lowest BCUT2D eigenvalue weighted by atomic mass is 10.2. The standard InChI is InChI=1S/C20H22N6O3S/c1-13-5-4-6-15(9-13)26-20(23-24-25-26)30-12-19(28)21-11-18(27)22-16-10-14(2)7-8-17(16)29-3/h4-10H,11-12H2,1-3H3,(H,21,28)(H,22,27). The first-order valence-corrected chi connectivity index (χ1v) is 10.1. The van der Waals surface area contributed by atoms with Crippen molar-refractivity contribution in [3.8, 4) is 11.4 Å². The van der Waals surface area contributed by atoms with Crippen molar-refractivity contribution < 1.29 is 14.3 Å². The first-order chi connectivity index (χ1) is 14.5. The number of thioether (sulfide) groups is 1. The Morgan fingerprint density at radius 2 is 1.90 bits per heavy atom. The van der Waals surface area contributed by atoms with Crippen LogP contribution in [0.25, 0.3) is 5.69 Å². The van der Waals surface area contributed by atoms with Gasteiger partial charge >= 0.3 is 0 Å². The molecule has 0 aliphatic rings. The fourth-order valence-electron chi connectivity index (χ4n) is 2.66. The Bertz CT molecular complexity index is 1050. The second-order valence-corrected chi connectivity index (χ2v) is 7.47. The van der Waals surface area contributed by atoms with Gasteiger partial charge in [0.1, 0.15) is 5.75 Å². The maximum Gasteiger partial charge on any atom is 0.243 e. The highest BCUT2D eigenvalue weighted by atomic mass is 32.2. The number of hydrogen-bond acceptors (Lipinski definition) is 7. The molecule has 0 bridgehead atoms. The van der Waals surface area contributed by atoms with E-state index >= 15 is 0 Å². The number of anilines is 1. The maximum atomic E-state index is 12.2. The summed E-state index contributed by atoms with van der Waals surface area (Å²) < 4.78 is 6.81. The predicted molar refractivity (Wildman–Crippen MR) is 114 cm³/mol. The molecular weight excluding hydrogens is 404 g/mol. The fraction of sp³-hybridized carbons (Fsp3) is 0.250. The van der Waals surface area contributed by atoms with Crippen molar-refractivity contribution in [2.75, 3.05) is 24.7 Å². The molecule has 10 heteroatoms. The topological polar surface area (TPSA) is 111 Å². The van der Waals surface area contributed by atoms with E-state index in [4.69, 9.17) is 4.74 Å². The molecule has 3 aromatic rings. The van der Waals surface area contributed by atoms with Crippen molar-refractivity contribution in [2.45, 2.75) is 19.0 Å². The van der Waals surface area contributed by atoms with E-state index in [1.54, 1.807) is 16.8 Å². The number of hydrogen-bond donors (Lipinski definition) is 2. The van der Waals surface area contributed by atoms with Gasteiger partial charge in [-0.25, -0.2) is 0 Å². The second kappa shape index (κ2) is 9.88. The summed E-state index contributed by atoms with van der Waals surface area (Å²) >= 11 is 1.19. The Hall–Kier alpha value is -3.40. The van der Waals surface area contributed by atoms with Crippen LogP contribution in [0.3, 0.4) is 0 Å². The smallest absolute Gasteiger partial charge is 0.243 e. The quantitative estimate of drug-likeness (QED) is 0.531. The van der Waals surface area contributed by atoms with Gasteiger partial charge in [0, 0.05) is 0 Å². The lowest BCUT2D eigenvalue weighted by Crippen LogP contribution is -2.34. The number of benzene rings is 2. The lowest BCUT2D eigenvalue weighted by molar-refractivity contribution is -0.122. The summed E-state index contributed by atoms with van der Waals surface area (Å²) in [5.74, 6) is -0.0152. The van der Waals surface area contributed by atoms with Gasteiger partial charge in [0.2, 0.25) is 17.0 Å². The molecule has 3 rings (SSSR count). The molecule has 156 valence electrons. The van der Waals surface area contributed by atoms with Gasteiger partial charge < -0.3 is 15.4 Å². The third kappa shape index (κ3) is 5.57. The molecule has 0 aliphatic carbocycles. The van der Waals surface area contributed by atoms with E-state index in [0.717, 1.165) is 16.8 Å². The highest BCUT2D eigenvalue weighted by Gasteiger charge is 2.13. The zero-order chi connectivity index (χ0) is 21.5. The van der Waals surface area contributed by atoms with Crippen LogP contribution in [-0.2, 0) is 9.59 Å². The molecule has 0 saturated heterocycles. The van der Waals surface area contributed by atoms with E-state index in [2.05, 4.69) is 26.2 Å². The molecule has 2 N–H and O–H groups in total. The number of carbonyl (C=O) groups is 2. The number of nitrogens with zero attached hydrogens (tertiary/aromatic N) is 4. The number of aromatic nitrogens is 4. The van der Waals surface area contributed by atoms with Gasteiger partial charge in [-0.2, -0.15) is 4.68 Å². The lowest BCUT2D eigenvalue weighted by Gasteiger charge is -2.11. The number of carbonyl (C=O) groups excluding carboxylic acids is 2. The number of tetrazole rings is 1. The van der Waals surface area contributed by atoms with Gasteiger partial charge in [0.25, 0.3) is 0 Å². The molecule has 0 unspecified atom stereocenters. The summed E-state index contributed by atoms with van der Waals surface area (Å²) in [4.78, 5) is 24.3. The Balaban J connectivity index is 1.51. The van der Waals surface area contributed by atoms with E-state index in [1.807, 2.05) is 44.2 Å². The second-order valence-electron chi connectivity index (χ2n) is 6.53. The van der Waals surface area contributed by atoms with Crippen molar-refractivity contribution in [3.05, 3.63) is 53.6 Å². The zero-order valence-electron chi connectivity index (χ0n) is 16.9. The van der Waals surface area contributed by atoms with Crippen LogP contribution < -0.4 is 15.4 Å². The average Bonchev–Trinajstić information content (AvgIpc) is 3.19. The van der Waals surface area contributed by atoms with Crippen molar-refractivity contribution in [1.29, 1.82) is 0 Å². The largest absolute Gasteiger partial charge is 0.495 e. The summed E-state index contributed by atoms with van der Waals surface area (Å²) in [6.45, 7) is 3.74. The van der Waals surface area contributed by atoms with Crippen LogP contribution in [-0.4, -0.2) is 51.4 Å². The molecule has 0 fully saturated rings. The minimum Gasteiger partial charge on any atom is -0.495 e. The minimum atomic E-state index is -0.346. The van der Waals surface area contributed by atoms with E-state index < -0.39 is 0 Å². The first kappa shape index (κ1) is 21.3. The van der Waals surface area contributed by atoms with Gasteiger partial charge in [-0.15, -0.1) is 5.10 Å². The molecule has 0 radical (unpaired) electrons. The molecule has 2 amide bonds. The molecule has 2 aromatic carbocycles. The van der Waals surface area contributed by atoms with Crippen molar-refractivity contribution in [1.82, 2.24) is 25.5 Å². The Morgan fingerprint density at radius 1 is 1.10 bits per heavy atom. The van der Waals surface area contributed by atoms with Gasteiger partial charge in [0.15, 0.2) is 0 Å². The molecule has 1 heterocycles. The summed E-state index contributed by atoms with van der Waals surface area (Å²) in [5, 5.41) is 17.5. The number of nitrogens with one attached hydrogen (secondary N) is 2. The van der Waals surface area contributed by atoms with Crippen molar-refractivity contribution in [3.63, 3.8) is 0 Å². The highest BCUT2D eigenvalue weighted by molar-refractivity contribution is 7.99. The summed E-state index contributed by atoms with van der Waals surface area (Å²) in [6.07, 6.45) is 0. The van der Waals surface area contributed by atoms with Crippen molar-refractivity contribution >= 4 is 29.3 Å². The van der Waals surface area contributed by atoms with Crippen LogP contribution in [0.2, 0.25) is 0 Å². The Labute approximate surface area is 178 Å². The van der Waals surface area contributed by atoms with E-state index in [-0.39, 0.29) is 24.1 Å². The number of rotatable bonds is 8.